The summed E-state index contributed by atoms with van der Waals surface area (Å²) in [5.74, 6) is 0. The average molecular weight is 319 g/mol. The zero-order chi connectivity index (χ0) is 15.3. The molecule has 2 saturated heterocycles. The lowest BCUT2D eigenvalue weighted by Gasteiger charge is -2.38. The first-order valence-corrected chi connectivity index (χ1v) is 9.56. The van der Waals surface area contributed by atoms with E-state index in [9.17, 15) is 8.42 Å². The van der Waals surface area contributed by atoms with Gasteiger partial charge in [0.2, 0.25) is 0 Å². The van der Waals surface area contributed by atoms with E-state index >= 15 is 0 Å². The van der Waals surface area contributed by atoms with Gasteiger partial charge in [0.15, 0.2) is 0 Å². The maximum Gasteiger partial charge on any atom is 0.282 e. The highest BCUT2D eigenvalue weighted by Gasteiger charge is 2.31. The minimum atomic E-state index is -3.27. The molecule has 0 spiro atoms. The Balaban J connectivity index is 1.82. The van der Waals surface area contributed by atoms with Crippen LogP contribution in [0.25, 0.3) is 0 Å². The van der Waals surface area contributed by atoms with Crippen LogP contribution >= 0.6 is 0 Å². The Bertz CT molecular complexity index is 398. The second kappa shape index (κ2) is 7.87. The maximum absolute atomic E-state index is 12.5. The number of nitrogens with zero attached hydrogens (tertiary/aromatic N) is 3. The monoisotopic (exact) mass is 319 g/mol. The minimum absolute atomic E-state index is 0.338. The van der Waals surface area contributed by atoms with Gasteiger partial charge >= 0.3 is 0 Å². The topological polar surface area (TPSA) is 53.1 Å². The predicted molar refractivity (Wildman–Crippen MR) is 83.4 cm³/mol. The molecule has 0 unspecified atom stereocenters. The second-order valence-electron chi connectivity index (χ2n) is 5.78. The van der Waals surface area contributed by atoms with Crippen LogP contribution in [0.15, 0.2) is 0 Å². The molecule has 0 saturated carbocycles. The molecule has 0 bridgehead atoms. The van der Waals surface area contributed by atoms with Gasteiger partial charge in [-0.3, -0.25) is 4.90 Å². The zero-order valence-electron chi connectivity index (χ0n) is 13.3. The maximum atomic E-state index is 12.5. The summed E-state index contributed by atoms with van der Waals surface area (Å²) in [6.45, 7) is 9.46. The van der Waals surface area contributed by atoms with E-state index in [1.54, 1.807) is 4.31 Å². The van der Waals surface area contributed by atoms with Crippen LogP contribution in [-0.2, 0) is 14.9 Å². The van der Waals surface area contributed by atoms with Gasteiger partial charge in [0.25, 0.3) is 10.2 Å². The Morgan fingerprint density at radius 3 is 2.29 bits per heavy atom. The summed E-state index contributed by atoms with van der Waals surface area (Å²) in [5, 5.41) is 0. The van der Waals surface area contributed by atoms with Crippen LogP contribution in [-0.4, -0.2) is 80.5 Å². The van der Waals surface area contributed by atoms with Gasteiger partial charge in [-0.2, -0.15) is 17.0 Å². The largest absolute Gasteiger partial charge is 0.377 e. The van der Waals surface area contributed by atoms with Crippen molar-refractivity contribution < 1.29 is 13.2 Å². The molecule has 0 aromatic rings. The third-order valence-electron chi connectivity index (χ3n) is 4.43. The fourth-order valence-corrected chi connectivity index (χ4v) is 4.70. The first-order chi connectivity index (χ1) is 10.1. The van der Waals surface area contributed by atoms with E-state index in [4.69, 9.17) is 4.74 Å². The van der Waals surface area contributed by atoms with Gasteiger partial charge in [-0.1, -0.05) is 13.8 Å². The molecule has 2 aliphatic rings. The molecule has 2 rings (SSSR count). The van der Waals surface area contributed by atoms with Gasteiger partial charge in [-0.15, -0.1) is 0 Å². The highest BCUT2D eigenvalue weighted by Crippen LogP contribution is 2.16. The smallest absolute Gasteiger partial charge is 0.282 e. The van der Waals surface area contributed by atoms with Crippen molar-refractivity contribution in [1.29, 1.82) is 0 Å². The van der Waals surface area contributed by atoms with Gasteiger partial charge < -0.3 is 4.74 Å². The van der Waals surface area contributed by atoms with Crippen LogP contribution in [0.3, 0.4) is 0 Å². The molecule has 124 valence electrons. The fraction of sp³-hybridized carbons (Fsp3) is 1.00. The number of rotatable bonds is 6. The number of ether oxygens (including phenoxy) is 1. The van der Waals surface area contributed by atoms with Crippen molar-refractivity contribution in [2.24, 2.45) is 0 Å². The van der Waals surface area contributed by atoms with Crippen molar-refractivity contribution in [3.05, 3.63) is 0 Å². The Morgan fingerprint density at radius 2 is 1.76 bits per heavy atom. The molecular formula is C14H29N3O3S. The van der Waals surface area contributed by atoms with E-state index in [0.717, 1.165) is 32.7 Å². The SMILES string of the molecule is CCN(CC)S(=O)(=O)N1CCN(C[C@H]2CCCCO2)CC1. The Kier molecular flexibility index (Phi) is 6.43. The fourth-order valence-electron chi connectivity index (χ4n) is 3.10. The normalized spacial score (nSPS) is 26.3. The van der Waals surface area contributed by atoms with E-state index in [2.05, 4.69) is 4.90 Å². The number of piperazine rings is 1. The zero-order valence-corrected chi connectivity index (χ0v) is 14.1. The van der Waals surface area contributed by atoms with Crippen LogP contribution in [0.5, 0.6) is 0 Å². The third kappa shape index (κ3) is 4.39. The van der Waals surface area contributed by atoms with Gasteiger partial charge in [-0.05, 0) is 19.3 Å². The predicted octanol–water partition coefficient (Wildman–Crippen LogP) is 0.760. The molecule has 7 heteroatoms. The Labute approximate surface area is 129 Å². The molecule has 6 nitrogen and oxygen atoms in total. The Morgan fingerprint density at radius 1 is 1.10 bits per heavy atom. The molecule has 0 aromatic carbocycles. The molecule has 0 radical (unpaired) electrons. The molecule has 0 amide bonds. The lowest BCUT2D eigenvalue weighted by atomic mass is 10.1. The summed E-state index contributed by atoms with van der Waals surface area (Å²) in [6.07, 6.45) is 3.90. The first-order valence-electron chi connectivity index (χ1n) is 8.17. The van der Waals surface area contributed by atoms with Crippen LogP contribution in [0.2, 0.25) is 0 Å². The molecule has 1 atom stereocenters. The van der Waals surface area contributed by atoms with Crippen molar-refractivity contribution in [1.82, 2.24) is 13.5 Å². The van der Waals surface area contributed by atoms with E-state index < -0.39 is 10.2 Å². The summed E-state index contributed by atoms with van der Waals surface area (Å²) in [5.41, 5.74) is 0. The van der Waals surface area contributed by atoms with Crippen LogP contribution in [0, 0.1) is 0 Å². The molecule has 0 aromatic heterocycles. The van der Waals surface area contributed by atoms with E-state index in [1.807, 2.05) is 13.8 Å². The third-order valence-corrected chi connectivity index (χ3v) is 6.61. The van der Waals surface area contributed by atoms with E-state index in [0.29, 0.717) is 32.3 Å². The standard InChI is InChI=1S/C14H29N3O3S/c1-3-16(4-2)21(18,19)17-10-8-15(9-11-17)13-14-7-5-6-12-20-14/h14H,3-13H2,1-2H3/t14-/m1/s1. The van der Waals surface area contributed by atoms with Crippen molar-refractivity contribution in [2.75, 3.05) is 52.4 Å². The number of hydrogen-bond acceptors (Lipinski definition) is 4. The minimum Gasteiger partial charge on any atom is -0.377 e. The summed E-state index contributed by atoms with van der Waals surface area (Å²) in [7, 11) is -3.27. The highest BCUT2D eigenvalue weighted by molar-refractivity contribution is 7.86. The van der Waals surface area contributed by atoms with Crippen LogP contribution in [0.1, 0.15) is 33.1 Å². The molecule has 0 aliphatic carbocycles. The first kappa shape index (κ1) is 17.1. The molecule has 2 aliphatic heterocycles. The number of hydrogen-bond donors (Lipinski definition) is 0. The summed E-state index contributed by atoms with van der Waals surface area (Å²) < 4.78 is 33.8. The molecule has 2 heterocycles. The average Bonchev–Trinajstić information content (AvgIpc) is 2.50. The van der Waals surface area contributed by atoms with Crippen molar-refractivity contribution in [3.8, 4) is 0 Å². The molecule has 0 N–H and O–H groups in total. The molecule has 21 heavy (non-hydrogen) atoms. The van der Waals surface area contributed by atoms with Gasteiger partial charge in [0.05, 0.1) is 6.10 Å². The van der Waals surface area contributed by atoms with Gasteiger partial charge in [0, 0.05) is 52.4 Å². The molecule has 2 fully saturated rings. The summed E-state index contributed by atoms with van der Waals surface area (Å²) in [4.78, 5) is 2.34. The quantitative estimate of drug-likeness (QED) is 0.725. The highest BCUT2D eigenvalue weighted by atomic mass is 32.2. The van der Waals surface area contributed by atoms with Crippen LogP contribution < -0.4 is 0 Å². The second-order valence-corrected chi connectivity index (χ2v) is 7.71. The Hall–Kier alpha value is -0.210. The van der Waals surface area contributed by atoms with Crippen LogP contribution in [0.4, 0.5) is 0 Å². The van der Waals surface area contributed by atoms with E-state index in [1.165, 1.54) is 17.1 Å². The molecular weight excluding hydrogens is 290 g/mol. The van der Waals surface area contributed by atoms with Crippen molar-refractivity contribution in [2.45, 2.75) is 39.2 Å². The lowest BCUT2D eigenvalue weighted by molar-refractivity contribution is -0.0104. The van der Waals surface area contributed by atoms with Crippen molar-refractivity contribution in [3.63, 3.8) is 0 Å². The van der Waals surface area contributed by atoms with E-state index in [-0.39, 0.29) is 0 Å². The summed E-state index contributed by atoms with van der Waals surface area (Å²) in [6, 6.07) is 0. The van der Waals surface area contributed by atoms with Crippen molar-refractivity contribution >= 4 is 10.2 Å². The summed E-state index contributed by atoms with van der Waals surface area (Å²) >= 11 is 0. The van der Waals surface area contributed by atoms with Gasteiger partial charge in [-0.25, -0.2) is 0 Å². The lowest BCUT2D eigenvalue weighted by Crippen LogP contribution is -2.54. The van der Waals surface area contributed by atoms with Gasteiger partial charge in [0.1, 0.15) is 0 Å².